The second-order valence-corrected chi connectivity index (χ2v) is 7.65. The van der Waals surface area contributed by atoms with Gasteiger partial charge >= 0.3 is 0 Å². The minimum atomic E-state index is -0.0555. The Labute approximate surface area is 169 Å². The van der Waals surface area contributed by atoms with Crippen LogP contribution in [0.25, 0.3) is 10.9 Å². The van der Waals surface area contributed by atoms with Crippen LogP contribution in [0.3, 0.4) is 0 Å². The zero-order valence-corrected chi connectivity index (χ0v) is 17.7. The van der Waals surface area contributed by atoms with E-state index in [4.69, 9.17) is 14.1 Å². The van der Waals surface area contributed by atoms with Crippen molar-refractivity contribution in [3.63, 3.8) is 0 Å². The van der Waals surface area contributed by atoms with Crippen molar-refractivity contribution in [2.75, 3.05) is 13.2 Å². The number of aryl methyl sites for hydroxylation is 1. The second-order valence-electron chi connectivity index (χ2n) is 5.79. The van der Waals surface area contributed by atoms with Gasteiger partial charge in [-0.25, -0.2) is 4.98 Å². The normalized spacial score (nSPS) is 11.4. The van der Waals surface area contributed by atoms with Crippen LogP contribution in [-0.2, 0) is 23.5 Å². The van der Waals surface area contributed by atoms with E-state index in [9.17, 15) is 4.79 Å². The van der Waals surface area contributed by atoms with Crippen LogP contribution in [0, 0.1) is 0 Å². The van der Waals surface area contributed by atoms with Crippen molar-refractivity contribution in [1.82, 2.24) is 19.7 Å². The van der Waals surface area contributed by atoms with E-state index in [2.05, 4.69) is 26.1 Å². The Kier molecular flexibility index (Phi) is 7.03. The molecule has 0 saturated heterocycles. The first-order valence-electron chi connectivity index (χ1n) is 8.84. The molecule has 0 saturated carbocycles. The van der Waals surface area contributed by atoms with Crippen molar-refractivity contribution in [3.8, 4) is 0 Å². The minimum Gasteiger partial charge on any atom is -0.424 e. The summed E-state index contributed by atoms with van der Waals surface area (Å²) in [7, 11) is 0. The Balaban J connectivity index is 1.90. The van der Waals surface area contributed by atoms with E-state index in [1.54, 1.807) is 4.57 Å². The standard InChI is InChI=1S/C18H21BrN4O3S/c1-3-15-21-22-16(26-15)11-27-18-20-14-7-6-12(19)10-13(14)17(24)23(18)8-5-9-25-4-2/h6-7,10H,3-5,8-9,11H2,1-2H3. The molecule has 0 amide bonds. The Morgan fingerprint density at radius 2 is 2.07 bits per heavy atom. The molecule has 0 aliphatic heterocycles. The highest BCUT2D eigenvalue weighted by Gasteiger charge is 2.14. The number of hydrogen-bond acceptors (Lipinski definition) is 7. The fraction of sp³-hybridized carbons (Fsp3) is 0.444. The number of thioether (sulfide) groups is 1. The molecule has 2 heterocycles. The van der Waals surface area contributed by atoms with Gasteiger partial charge in [-0.3, -0.25) is 9.36 Å². The molecule has 27 heavy (non-hydrogen) atoms. The number of aromatic nitrogens is 4. The number of hydrogen-bond donors (Lipinski definition) is 0. The molecule has 2 aromatic heterocycles. The molecular weight excluding hydrogens is 432 g/mol. The summed E-state index contributed by atoms with van der Waals surface area (Å²) in [4.78, 5) is 17.7. The Bertz CT molecular complexity index is 973. The predicted molar refractivity (Wildman–Crippen MR) is 108 cm³/mol. The molecule has 0 radical (unpaired) electrons. The van der Waals surface area contributed by atoms with Crippen molar-refractivity contribution < 1.29 is 9.15 Å². The molecule has 0 unspecified atom stereocenters. The average molecular weight is 453 g/mol. The fourth-order valence-electron chi connectivity index (χ4n) is 2.57. The van der Waals surface area contributed by atoms with Gasteiger partial charge < -0.3 is 9.15 Å². The summed E-state index contributed by atoms with van der Waals surface area (Å²) in [6.07, 6.45) is 1.44. The molecule has 0 spiro atoms. The van der Waals surface area contributed by atoms with E-state index in [-0.39, 0.29) is 5.56 Å². The van der Waals surface area contributed by atoms with Gasteiger partial charge in [0.25, 0.3) is 5.56 Å². The number of halogens is 1. The topological polar surface area (TPSA) is 83.0 Å². The number of benzene rings is 1. The lowest BCUT2D eigenvalue weighted by molar-refractivity contribution is 0.140. The summed E-state index contributed by atoms with van der Waals surface area (Å²) in [5.41, 5.74) is 0.617. The highest BCUT2D eigenvalue weighted by atomic mass is 79.9. The molecule has 9 heteroatoms. The fourth-order valence-corrected chi connectivity index (χ4v) is 3.79. The summed E-state index contributed by atoms with van der Waals surface area (Å²) in [5, 5.41) is 9.25. The van der Waals surface area contributed by atoms with E-state index < -0.39 is 0 Å². The molecule has 0 fully saturated rings. The Morgan fingerprint density at radius 3 is 2.81 bits per heavy atom. The highest BCUT2D eigenvalue weighted by molar-refractivity contribution is 9.10. The van der Waals surface area contributed by atoms with Gasteiger partial charge in [0.15, 0.2) is 5.16 Å². The lowest BCUT2D eigenvalue weighted by atomic mass is 10.2. The maximum absolute atomic E-state index is 13.0. The first-order valence-corrected chi connectivity index (χ1v) is 10.6. The van der Waals surface area contributed by atoms with Crippen LogP contribution in [0.4, 0.5) is 0 Å². The second kappa shape index (κ2) is 9.48. The number of fused-ring (bicyclic) bond motifs is 1. The zero-order valence-electron chi connectivity index (χ0n) is 15.3. The van der Waals surface area contributed by atoms with E-state index in [0.717, 1.165) is 10.9 Å². The van der Waals surface area contributed by atoms with Crippen LogP contribution in [-0.4, -0.2) is 33.0 Å². The third-order valence-electron chi connectivity index (χ3n) is 3.89. The Hall–Kier alpha value is -1.71. The molecule has 0 bridgehead atoms. The summed E-state index contributed by atoms with van der Waals surface area (Å²) in [6, 6.07) is 5.54. The van der Waals surface area contributed by atoms with Gasteiger partial charge in [0.05, 0.1) is 16.7 Å². The minimum absolute atomic E-state index is 0.0555. The van der Waals surface area contributed by atoms with Crippen LogP contribution < -0.4 is 5.56 Å². The van der Waals surface area contributed by atoms with Crippen LogP contribution in [0.5, 0.6) is 0 Å². The van der Waals surface area contributed by atoms with E-state index in [1.165, 1.54) is 11.8 Å². The third kappa shape index (κ3) is 4.97. The van der Waals surface area contributed by atoms with Crippen LogP contribution in [0.15, 0.2) is 37.0 Å². The van der Waals surface area contributed by atoms with Crippen molar-refractivity contribution in [2.24, 2.45) is 0 Å². The lowest BCUT2D eigenvalue weighted by Gasteiger charge is -2.12. The molecule has 3 rings (SSSR count). The maximum atomic E-state index is 13.0. The molecule has 1 aromatic carbocycles. The van der Waals surface area contributed by atoms with Gasteiger partial charge in [-0.05, 0) is 31.5 Å². The third-order valence-corrected chi connectivity index (χ3v) is 5.35. The summed E-state index contributed by atoms with van der Waals surface area (Å²) >= 11 is 4.85. The van der Waals surface area contributed by atoms with E-state index >= 15 is 0 Å². The maximum Gasteiger partial charge on any atom is 0.262 e. The van der Waals surface area contributed by atoms with Crippen LogP contribution in [0.2, 0.25) is 0 Å². The summed E-state index contributed by atoms with van der Waals surface area (Å²) in [5.74, 6) is 1.60. The lowest BCUT2D eigenvalue weighted by Crippen LogP contribution is -2.24. The SMILES string of the molecule is CCOCCCn1c(SCc2nnc(CC)o2)nc2ccc(Br)cc2c1=O. The molecule has 0 aliphatic carbocycles. The summed E-state index contributed by atoms with van der Waals surface area (Å²) < 4.78 is 13.5. The summed E-state index contributed by atoms with van der Waals surface area (Å²) in [6.45, 7) is 5.73. The van der Waals surface area contributed by atoms with Gasteiger partial charge in [0.2, 0.25) is 11.8 Å². The molecule has 0 aliphatic rings. The van der Waals surface area contributed by atoms with Gasteiger partial charge in [-0.1, -0.05) is 34.6 Å². The monoisotopic (exact) mass is 452 g/mol. The highest BCUT2D eigenvalue weighted by Crippen LogP contribution is 2.23. The van der Waals surface area contributed by atoms with Crippen molar-refractivity contribution in [1.29, 1.82) is 0 Å². The van der Waals surface area contributed by atoms with Crippen molar-refractivity contribution >= 4 is 38.6 Å². The van der Waals surface area contributed by atoms with Gasteiger partial charge in [-0.2, -0.15) is 0 Å². The predicted octanol–water partition coefficient (Wildman–Crippen LogP) is 3.82. The molecule has 144 valence electrons. The molecule has 3 aromatic rings. The number of ether oxygens (including phenoxy) is 1. The number of rotatable bonds is 9. The average Bonchev–Trinajstić information content (AvgIpc) is 3.14. The molecule has 0 N–H and O–H groups in total. The van der Waals surface area contributed by atoms with Crippen LogP contribution in [0.1, 0.15) is 32.0 Å². The largest absolute Gasteiger partial charge is 0.424 e. The van der Waals surface area contributed by atoms with Crippen LogP contribution >= 0.6 is 27.7 Å². The molecule has 7 nitrogen and oxygen atoms in total. The van der Waals surface area contributed by atoms with E-state index in [0.29, 0.717) is 59.8 Å². The van der Waals surface area contributed by atoms with E-state index in [1.807, 2.05) is 32.0 Å². The van der Waals surface area contributed by atoms with Gasteiger partial charge in [0, 0.05) is 30.7 Å². The first kappa shape index (κ1) is 20.0. The quantitative estimate of drug-likeness (QED) is 0.277. The molecular formula is C18H21BrN4O3S. The number of nitrogens with zero attached hydrogens (tertiary/aromatic N) is 4. The molecule has 0 atom stereocenters. The van der Waals surface area contributed by atoms with Gasteiger partial charge in [-0.15, -0.1) is 10.2 Å². The van der Waals surface area contributed by atoms with Gasteiger partial charge in [0.1, 0.15) is 0 Å². The Morgan fingerprint density at radius 1 is 1.26 bits per heavy atom. The first-order chi connectivity index (χ1) is 13.1. The smallest absolute Gasteiger partial charge is 0.262 e. The van der Waals surface area contributed by atoms with Crippen molar-refractivity contribution in [2.45, 2.75) is 44.1 Å². The zero-order chi connectivity index (χ0) is 19.2. The van der Waals surface area contributed by atoms with Crippen molar-refractivity contribution in [3.05, 3.63) is 44.8 Å².